The summed E-state index contributed by atoms with van der Waals surface area (Å²) in [7, 11) is 0. The lowest BCUT2D eigenvalue weighted by Gasteiger charge is -2.26. The molecule has 0 atom stereocenters. The molecule has 5 nitrogen and oxygen atoms in total. The molecule has 2 N–H and O–H groups in total. The molecule has 132 valence electrons. The quantitative estimate of drug-likeness (QED) is 0.823. The van der Waals surface area contributed by atoms with Gasteiger partial charge in [0.15, 0.2) is 5.69 Å². The van der Waals surface area contributed by atoms with Crippen molar-refractivity contribution in [2.75, 3.05) is 5.32 Å². The fourth-order valence-corrected chi connectivity index (χ4v) is 2.34. The van der Waals surface area contributed by atoms with Crippen molar-refractivity contribution in [3.05, 3.63) is 47.5 Å². The van der Waals surface area contributed by atoms with E-state index in [1.165, 1.54) is 18.2 Å². The Morgan fingerprint density at radius 2 is 2.00 bits per heavy atom. The van der Waals surface area contributed by atoms with Crippen LogP contribution in [0.5, 0.6) is 0 Å². The highest BCUT2D eigenvalue weighted by molar-refractivity contribution is 5.95. The monoisotopic (exact) mass is 354 g/mol. The van der Waals surface area contributed by atoms with Crippen molar-refractivity contribution in [3.63, 3.8) is 0 Å². The van der Waals surface area contributed by atoms with E-state index >= 15 is 0 Å². The molecule has 0 aliphatic heterocycles. The molecule has 25 heavy (non-hydrogen) atoms. The lowest BCUT2D eigenvalue weighted by atomic mass is 9.93. The molecule has 9 heteroatoms. The molecule has 0 bridgehead atoms. The van der Waals surface area contributed by atoms with Gasteiger partial charge in [0.1, 0.15) is 5.82 Å². The van der Waals surface area contributed by atoms with Gasteiger partial charge in [0.2, 0.25) is 5.95 Å². The normalized spacial score (nSPS) is 14.7. The highest BCUT2D eigenvalue weighted by Crippen LogP contribution is 2.31. The fourth-order valence-electron chi connectivity index (χ4n) is 2.34. The Kier molecular flexibility index (Phi) is 4.56. The third-order valence-electron chi connectivity index (χ3n) is 3.82. The molecule has 1 amide bonds. The second-order valence-electron chi connectivity index (χ2n) is 5.69. The van der Waals surface area contributed by atoms with E-state index in [0.29, 0.717) is 0 Å². The molecule has 2 aromatic rings. The first-order valence-corrected chi connectivity index (χ1v) is 7.60. The number of anilines is 2. The van der Waals surface area contributed by atoms with Gasteiger partial charge in [-0.25, -0.2) is 14.4 Å². The van der Waals surface area contributed by atoms with Crippen LogP contribution in [0.15, 0.2) is 30.5 Å². The number of aromatic nitrogens is 2. The number of halogens is 4. The van der Waals surface area contributed by atoms with E-state index in [9.17, 15) is 22.4 Å². The van der Waals surface area contributed by atoms with E-state index in [1.54, 1.807) is 0 Å². The zero-order chi connectivity index (χ0) is 18.0. The topological polar surface area (TPSA) is 66.9 Å². The SMILES string of the molecule is O=C(NC1CCC1)c1cnc(Nc2cccc(F)c2)nc1C(F)(F)F. The van der Waals surface area contributed by atoms with E-state index in [1.807, 2.05) is 0 Å². The molecule has 1 aliphatic carbocycles. The first-order valence-electron chi connectivity index (χ1n) is 7.60. The minimum absolute atomic E-state index is 0.112. The summed E-state index contributed by atoms with van der Waals surface area (Å²) in [4.78, 5) is 19.2. The van der Waals surface area contributed by atoms with Gasteiger partial charge in [-0.1, -0.05) is 6.07 Å². The number of amides is 1. The predicted octanol–water partition coefficient (Wildman–Crippen LogP) is 3.66. The van der Waals surface area contributed by atoms with Gasteiger partial charge < -0.3 is 10.6 Å². The molecule has 0 radical (unpaired) electrons. The van der Waals surface area contributed by atoms with Crippen molar-refractivity contribution in [2.24, 2.45) is 0 Å². The second-order valence-corrected chi connectivity index (χ2v) is 5.69. The standard InChI is InChI=1S/C16H14F4N4O/c17-9-3-1-6-11(7-9)23-15-21-8-12(13(24-15)16(18,19)20)14(25)22-10-4-2-5-10/h1,3,6-8,10H,2,4-5H2,(H,22,25)(H,21,23,24). The van der Waals surface area contributed by atoms with Crippen molar-refractivity contribution >= 4 is 17.5 Å². The largest absolute Gasteiger partial charge is 0.434 e. The lowest BCUT2D eigenvalue weighted by molar-refractivity contribution is -0.141. The van der Waals surface area contributed by atoms with Crippen molar-refractivity contribution in [3.8, 4) is 0 Å². The number of hydrogen-bond donors (Lipinski definition) is 2. The Hall–Kier alpha value is -2.71. The summed E-state index contributed by atoms with van der Waals surface area (Å²) in [6.07, 6.45) is -1.58. The van der Waals surface area contributed by atoms with Gasteiger partial charge in [-0.3, -0.25) is 4.79 Å². The van der Waals surface area contributed by atoms with Gasteiger partial charge in [0, 0.05) is 17.9 Å². The molecule has 1 fully saturated rings. The predicted molar refractivity (Wildman–Crippen MR) is 81.8 cm³/mol. The fraction of sp³-hybridized carbons (Fsp3) is 0.312. The van der Waals surface area contributed by atoms with Gasteiger partial charge in [0.05, 0.1) is 5.56 Å². The molecule has 1 aromatic carbocycles. The van der Waals surface area contributed by atoms with Gasteiger partial charge in [0.25, 0.3) is 5.91 Å². The van der Waals surface area contributed by atoms with Crippen molar-refractivity contribution in [1.29, 1.82) is 0 Å². The van der Waals surface area contributed by atoms with E-state index in [0.717, 1.165) is 31.5 Å². The molecule has 1 heterocycles. The first kappa shape index (κ1) is 17.1. The number of nitrogens with one attached hydrogen (secondary N) is 2. The Labute approximate surface area is 140 Å². The van der Waals surface area contributed by atoms with Crippen LogP contribution >= 0.6 is 0 Å². The molecule has 1 saturated carbocycles. The Bertz CT molecular complexity index is 790. The molecular formula is C16H14F4N4O. The third-order valence-corrected chi connectivity index (χ3v) is 3.82. The number of carbonyl (C=O) groups excluding carboxylic acids is 1. The third kappa shape index (κ3) is 4.04. The van der Waals surface area contributed by atoms with E-state index in [2.05, 4.69) is 20.6 Å². The molecule has 1 aliphatic rings. The first-order chi connectivity index (χ1) is 11.8. The number of carbonyl (C=O) groups is 1. The maximum Gasteiger partial charge on any atom is 0.434 e. The number of rotatable bonds is 4. The highest BCUT2D eigenvalue weighted by atomic mass is 19.4. The average Bonchev–Trinajstić information content (AvgIpc) is 2.50. The van der Waals surface area contributed by atoms with Crippen LogP contribution < -0.4 is 10.6 Å². The van der Waals surface area contributed by atoms with Crippen LogP contribution in [0.2, 0.25) is 0 Å². The van der Waals surface area contributed by atoms with Gasteiger partial charge in [-0.05, 0) is 37.5 Å². The van der Waals surface area contributed by atoms with Crippen LogP contribution in [-0.2, 0) is 6.18 Å². The second kappa shape index (κ2) is 6.66. The van der Waals surface area contributed by atoms with Crippen LogP contribution in [0, 0.1) is 5.82 Å². The molecular weight excluding hydrogens is 340 g/mol. The van der Waals surface area contributed by atoms with Crippen LogP contribution in [0.25, 0.3) is 0 Å². The smallest absolute Gasteiger partial charge is 0.349 e. The zero-order valence-electron chi connectivity index (χ0n) is 12.9. The number of alkyl halides is 3. The minimum Gasteiger partial charge on any atom is -0.349 e. The molecule has 1 aromatic heterocycles. The summed E-state index contributed by atoms with van der Waals surface area (Å²) in [5.41, 5.74) is -1.78. The summed E-state index contributed by atoms with van der Waals surface area (Å²) < 4.78 is 53.0. The molecule has 3 rings (SSSR count). The summed E-state index contributed by atoms with van der Waals surface area (Å²) >= 11 is 0. The number of hydrogen-bond acceptors (Lipinski definition) is 4. The Balaban J connectivity index is 1.88. The average molecular weight is 354 g/mol. The van der Waals surface area contributed by atoms with Gasteiger partial charge >= 0.3 is 6.18 Å². The molecule has 0 spiro atoms. The molecule has 0 unspecified atom stereocenters. The maximum absolute atomic E-state index is 13.3. The summed E-state index contributed by atoms with van der Waals surface area (Å²) in [6.45, 7) is 0. The summed E-state index contributed by atoms with van der Waals surface area (Å²) in [5, 5.41) is 5.03. The highest BCUT2D eigenvalue weighted by Gasteiger charge is 2.38. The summed E-state index contributed by atoms with van der Waals surface area (Å²) in [5.74, 6) is -1.79. The lowest BCUT2D eigenvalue weighted by Crippen LogP contribution is -2.40. The van der Waals surface area contributed by atoms with Crippen molar-refractivity contribution < 1.29 is 22.4 Å². The minimum atomic E-state index is -4.83. The van der Waals surface area contributed by atoms with Crippen LogP contribution in [0.4, 0.5) is 29.2 Å². The van der Waals surface area contributed by atoms with Crippen LogP contribution in [-0.4, -0.2) is 21.9 Å². The van der Waals surface area contributed by atoms with Gasteiger partial charge in [-0.2, -0.15) is 13.2 Å². The van der Waals surface area contributed by atoms with E-state index in [4.69, 9.17) is 0 Å². The van der Waals surface area contributed by atoms with Crippen molar-refractivity contribution in [2.45, 2.75) is 31.5 Å². The van der Waals surface area contributed by atoms with Crippen LogP contribution in [0.1, 0.15) is 35.3 Å². The Morgan fingerprint density at radius 1 is 1.24 bits per heavy atom. The van der Waals surface area contributed by atoms with Crippen LogP contribution in [0.3, 0.4) is 0 Å². The Morgan fingerprint density at radius 3 is 2.60 bits per heavy atom. The van der Waals surface area contributed by atoms with Gasteiger partial charge in [-0.15, -0.1) is 0 Å². The summed E-state index contributed by atoms with van der Waals surface area (Å²) in [6, 6.07) is 5.02. The zero-order valence-corrected chi connectivity index (χ0v) is 12.9. The number of benzene rings is 1. The van der Waals surface area contributed by atoms with E-state index < -0.39 is 29.2 Å². The maximum atomic E-state index is 13.3. The van der Waals surface area contributed by atoms with Crippen molar-refractivity contribution in [1.82, 2.24) is 15.3 Å². The van der Waals surface area contributed by atoms with E-state index in [-0.39, 0.29) is 17.7 Å². The molecule has 0 saturated heterocycles. The number of nitrogens with zero attached hydrogens (tertiary/aromatic N) is 2.